The van der Waals surface area contributed by atoms with Crippen LogP contribution in [0, 0.1) is 20.8 Å². The highest BCUT2D eigenvalue weighted by Crippen LogP contribution is 2.27. The van der Waals surface area contributed by atoms with Gasteiger partial charge < -0.3 is 5.32 Å². The van der Waals surface area contributed by atoms with E-state index in [1.54, 1.807) is 36.4 Å². The molecule has 168 valence electrons. The minimum absolute atomic E-state index is 0.159. The summed E-state index contributed by atoms with van der Waals surface area (Å²) in [6, 6.07) is 22.0. The van der Waals surface area contributed by atoms with Gasteiger partial charge >= 0.3 is 0 Å². The standard InChI is InChI=1S/C26H30N2O3S/c1-20-9-7-10-23(18-20)11-8-16-27-26(29)19-28(25-15-14-21(2)17-22(25)3)32(30,31)24-12-5-4-6-13-24/h4-7,9-10,12-15,17-18H,8,11,16,19H2,1-3H3,(H,27,29). The first kappa shape index (κ1) is 23.5. The number of carbonyl (C=O) groups is 1. The lowest BCUT2D eigenvalue weighted by molar-refractivity contribution is -0.119. The minimum Gasteiger partial charge on any atom is -0.355 e. The highest BCUT2D eigenvalue weighted by molar-refractivity contribution is 7.92. The van der Waals surface area contributed by atoms with Crippen molar-refractivity contribution in [1.82, 2.24) is 5.32 Å². The molecule has 0 aliphatic carbocycles. The van der Waals surface area contributed by atoms with Gasteiger partial charge in [-0.2, -0.15) is 0 Å². The predicted octanol–water partition coefficient (Wildman–Crippen LogP) is 4.56. The Morgan fingerprint density at radius 2 is 1.59 bits per heavy atom. The van der Waals surface area contributed by atoms with Gasteiger partial charge in [-0.15, -0.1) is 0 Å². The average molecular weight is 451 g/mol. The first-order valence-electron chi connectivity index (χ1n) is 10.7. The van der Waals surface area contributed by atoms with Crippen LogP contribution < -0.4 is 9.62 Å². The first-order chi connectivity index (χ1) is 15.3. The summed E-state index contributed by atoms with van der Waals surface area (Å²) in [6.07, 6.45) is 1.63. The lowest BCUT2D eigenvalue weighted by Gasteiger charge is -2.26. The largest absolute Gasteiger partial charge is 0.355 e. The van der Waals surface area contributed by atoms with Gasteiger partial charge in [0.05, 0.1) is 10.6 Å². The molecule has 0 spiro atoms. The number of benzene rings is 3. The maximum Gasteiger partial charge on any atom is 0.264 e. The number of hydrogen-bond donors (Lipinski definition) is 1. The topological polar surface area (TPSA) is 66.5 Å². The smallest absolute Gasteiger partial charge is 0.264 e. The van der Waals surface area contributed by atoms with Crippen LogP contribution in [-0.4, -0.2) is 27.4 Å². The minimum atomic E-state index is -3.89. The Morgan fingerprint density at radius 1 is 0.875 bits per heavy atom. The van der Waals surface area contributed by atoms with E-state index in [4.69, 9.17) is 0 Å². The summed E-state index contributed by atoms with van der Waals surface area (Å²) >= 11 is 0. The second-order valence-electron chi connectivity index (χ2n) is 8.06. The molecule has 0 aliphatic heterocycles. The van der Waals surface area contributed by atoms with Crippen molar-refractivity contribution in [2.75, 3.05) is 17.4 Å². The summed E-state index contributed by atoms with van der Waals surface area (Å²) in [5.41, 5.74) is 4.78. The van der Waals surface area contributed by atoms with Gasteiger partial charge in [-0.3, -0.25) is 9.10 Å². The normalized spacial score (nSPS) is 11.2. The summed E-state index contributed by atoms with van der Waals surface area (Å²) in [5, 5.41) is 2.88. The molecule has 0 heterocycles. The highest BCUT2D eigenvalue weighted by Gasteiger charge is 2.28. The summed E-state index contributed by atoms with van der Waals surface area (Å²) in [7, 11) is -3.89. The second-order valence-corrected chi connectivity index (χ2v) is 9.92. The van der Waals surface area contributed by atoms with Gasteiger partial charge in [0.2, 0.25) is 5.91 Å². The SMILES string of the molecule is Cc1cccc(CCCNC(=O)CN(c2ccc(C)cc2C)S(=O)(=O)c2ccccc2)c1. The van der Waals surface area contributed by atoms with Crippen LogP contribution in [0.3, 0.4) is 0 Å². The Balaban J connectivity index is 1.73. The molecule has 3 aromatic rings. The zero-order valence-electron chi connectivity index (χ0n) is 18.8. The summed E-state index contributed by atoms with van der Waals surface area (Å²) in [5.74, 6) is -0.325. The Kier molecular flexibility index (Phi) is 7.70. The lowest BCUT2D eigenvalue weighted by Crippen LogP contribution is -2.41. The van der Waals surface area contributed by atoms with Crippen molar-refractivity contribution in [3.63, 3.8) is 0 Å². The second kappa shape index (κ2) is 10.5. The number of amides is 1. The van der Waals surface area contributed by atoms with E-state index >= 15 is 0 Å². The van der Waals surface area contributed by atoms with Gasteiger partial charge in [0, 0.05) is 6.54 Å². The van der Waals surface area contributed by atoms with Crippen molar-refractivity contribution in [1.29, 1.82) is 0 Å². The number of sulfonamides is 1. The maximum absolute atomic E-state index is 13.4. The van der Waals surface area contributed by atoms with Crippen molar-refractivity contribution >= 4 is 21.6 Å². The number of hydrogen-bond acceptors (Lipinski definition) is 3. The highest BCUT2D eigenvalue weighted by atomic mass is 32.2. The Morgan fingerprint density at radius 3 is 2.28 bits per heavy atom. The molecular weight excluding hydrogens is 420 g/mol. The van der Waals surface area contributed by atoms with E-state index in [1.807, 2.05) is 32.0 Å². The Bertz CT molecular complexity index is 1170. The fourth-order valence-corrected chi connectivity index (χ4v) is 5.19. The quantitative estimate of drug-likeness (QED) is 0.486. The van der Waals surface area contributed by atoms with Gasteiger partial charge in [0.15, 0.2) is 0 Å². The molecule has 5 nitrogen and oxygen atoms in total. The van der Waals surface area contributed by atoms with Gasteiger partial charge in [0.1, 0.15) is 6.54 Å². The monoisotopic (exact) mass is 450 g/mol. The summed E-state index contributed by atoms with van der Waals surface area (Å²) in [4.78, 5) is 12.9. The van der Waals surface area contributed by atoms with Gasteiger partial charge in [0.25, 0.3) is 10.0 Å². The van der Waals surface area contributed by atoms with Gasteiger partial charge in [-0.1, -0.05) is 65.7 Å². The van der Waals surface area contributed by atoms with Gasteiger partial charge in [-0.05, 0) is 62.9 Å². The Hall–Kier alpha value is -3.12. The average Bonchev–Trinajstić information content (AvgIpc) is 2.76. The molecule has 6 heteroatoms. The molecule has 32 heavy (non-hydrogen) atoms. The molecule has 0 saturated carbocycles. The van der Waals surface area contributed by atoms with Crippen molar-refractivity contribution < 1.29 is 13.2 Å². The molecule has 1 N–H and O–H groups in total. The number of anilines is 1. The predicted molar refractivity (Wildman–Crippen MR) is 129 cm³/mol. The molecule has 3 rings (SSSR count). The van der Waals surface area contributed by atoms with E-state index in [0.29, 0.717) is 12.2 Å². The number of aryl methyl sites for hydroxylation is 4. The zero-order chi connectivity index (χ0) is 23.1. The van der Waals surface area contributed by atoms with E-state index in [1.165, 1.54) is 15.4 Å². The number of nitrogens with one attached hydrogen (secondary N) is 1. The van der Waals surface area contributed by atoms with E-state index in [9.17, 15) is 13.2 Å². The zero-order valence-corrected chi connectivity index (χ0v) is 19.7. The van der Waals surface area contributed by atoms with Crippen molar-refractivity contribution in [2.24, 2.45) is 0 Å². The molecule has 0 aromatic heterocycles. The van der Waals surface area contributed by atoms with E-state index in [0.717, 1.165) is 24.0 Å². The number of rotatable bonds is 9. The molecule has 0 radical (unpaired) electrons. The van der Waals surface area contributed by atoms with Crippen LogP contribution in [-0.2, 0) is 21.2 Å². The van der Waals surface area contributed by atoms with Crippen LogP contribution in [0.15, 0.2) is 77.7 Å². The Labute approximate surface area is 191 Å². The molecule has 3 aromatic carbocycles. The third-order valence-electron chi connectivity index (χ3n) is 5.29. The van der Waals surface area contributed by atoms with Crippen LogP contribution in [0.4, 0.5) is 5.69 Å². The van der Waals surface area contributed by atoms with Crippen molar-refractivity contribution in [3.8, 4) is 0 Å². The maximum atomic E-state index is 13.4. The molecule has 1 amide bonds. The molecule has 0 fully saturated rings. The van der Waals surface area contributed by atoms with Crippen LogP contribution in [0.25, 0.3) is 0 Å². The summed E-state index contributed by atoms with van der Waals surface area (Å²) in [6.45, 7) is 6.08. The molecule has 0 aliphatic rings. The molecular formula is C26H30N2O3S. The van der Waals surface area contributed by atoms with Crippen LogP contribution in [0.1, 0.15) is 28.7 Å². The van der Waals surface area contributed by atoms with Crippen LogP contribution >= 0.6 is 0 Å². The van der Waals surface area contributed by atoms with E-state index in [-0.39, 0.29) is 17.3 Å². The van der Waals surface area contributed by atoms with Crippen LogP contribution in [0.2, 0.25) is 0 Å². The number of carbonyl (C=O) groups excluding carboxylic acids is 1. The molecule has 0 atom stereocenters. The van der Waals surface area contributed by atoms with E-state index in [2.05, 4.69) is 30.4 Å². The molecule has 0 bridgehead atoms. The fourth-order valence-electron chi connectivity index (χ4n) is 3.68. The van der Waals surface area contributed by atoms with Crippen molar-refractivity contribution in [3.05, 3.63) is 95.1 Å². The molecule has 0 saturated heterocycles. The van der Waals surface area contributed by atoms with Gasteiger partial charge in [-0.25, -0.2) is 8.42 Å². The summed E-state index contributed by atoms with van der Waals surface area (Å²) < 4.78 is 28.0. The van der Waals surface area contributed by atoms with E-state index < -0.39 is 10.0 Å². The molecule has 0 unspecified atom stereocenters. The third-order valence-corrected chi connectivity index (χ3v) is 7.06. The van der Waals surface area contributed by atoms with Crippen molar-refractivity contribution in [2.45, 2.75) is 38.5 Å². The fraction of sp³-hybridized carbons (Fsp3) is 0.269. The first-order valence-corrected chi connectivity index (χ1v) is 12.2. The lowest BCUT2D eigenvalue weighted by atomic mass is 10.1. The number of nitrogens with zero attached hydrogens (tertiary/aromatic N) is 1. The van der Waals surface area contributed by atoms with Crippen LogP contribution in [0.5, 0.6) is 0 Å². The third kappa shape index (κ3) is 5.98.